The van der Waals surface area contributed by atoms with Gasteiger partial charge in [-0.3, -0.25) is 0 Å². The summed E-state index contributed by atoms with van der Waals surface area (Å²) in [5.41, 5.74) is 1.72. The van der Waals surface area contributed by atoms with Crippen LogP contribution in [-0.4, -0.2) is 10.9 Å². The first-order chi connectivity index (χ1) is 9.60. The molecule has 5 heteroatoms. The van der Waals surface area contributed by atoms with Crippen molar-refractivity contribution in [2.45, 2.75) is 13.5 Å². The molecule has 2 aromatic carbocycles. The fraction of sp³-hybridized carbons (Fsp3) is 0.133. The zero-order valence-corrected chi connectivity index (χ0v) is 12.4. The molecule has 0 aliphatic carbocycles. The number of hydrogen-bond acceptors (Lipinski definition) is 3. The van der Waals surface area contributed by atoms with Crippen LogP contribution in [0.5, 0.6) is 5.75 Å². The van der Waals surface area contributed by atoms with Crippen molar-refractivity contribution in [1.29, 1.82) is 0 Å². The van der Waals surface area contributed by atoms with Gasteiger partial charge < -0.3 is 9.94 Å². The average Bonchev–Trinajstić information content (AvgIpc) is 2.46. The Hall–Kier alpha value is -1.88. The molecule has 0 aromatic heterocycles. The van der Waals surface area contributed by atoms with Crippen LogP contribution in [0.4, 0.5) is 4.39 Å². The van der Waals surface area contributed by atoms with Crippen LogP contribution in [0.3, 0.4) is 0 Å². The molecule has 0 heterocycles. The highest BCUT2D eigenvalue weighted by Crippen LogP contribution is 2.22. The van der Waals surface area contributed by atoms with Gasteiger partial charge in [-0.2, -0.15) is 0 Å². The first kappa shape index (κ1) is 14.5. The molecule has 0 amide bonds. The first-order valence-corrected chi connectivity index (χ1v) is 6.75. The zero-order chi connectivity index (χ0) is 14.5. The maximum absolute atomic E-state index is 13.3. The van der Waals surface area contributed by atoms with Gasteiger partial charge in [0.2, 0.25) is 0 Å². The SMILES string of the molecule is C/C(=N/O)c1cc(F)ccc1OCc1ccc(Br)cc1. The van der Waals surface area contributed by atoms with Crippen LogP contribution in [0.2, 0.25) is 0 Å². The zero-order valence-electron chi connectivity index (χ0n) is 10.8. The predicted octanol–water partition coefficient (Wildman–Crippen LogP) is 4.37. The standard InChI is InChI=1S/C15H13BrFNO2/c1-10(18-19)14-8-13(17)6-7-15(14)20-9-11-2-4-12(16)5-3-11/h2-8,19H,9H2,1H3/b18-10-. The molecule has 0 saturated heterocycles. The van der Waals surface area contributed by atoms with E-state index < -0.39 is 5.82 Å². The summed E-state index contributed by atoms with van der Waals surface area (Å²) in [5, 5.41) is 11.9. The van der Waals surface area contributed by atoms with Crippen LogP contribution >= 0.6 is 15.9 Å². The topological polar surface area (TPSA) is 41.8 Å². The van der Waals surface area contributed by atoms with Gasteiger partial charge in [-0.1, -0.05) is 33.2 Å². The third-order valence-corrected chi connectivity index (χ3v) is 3.32. The van der Waals surface area contributed by atoms with Crippen molar-refractivity contribution in [2.75, 3.05) is 0 Å². The highest BCUT2D eigenvalue weighted by molar-refractivity contribution is 9.10. The lowest BCUT2D eigenvalue weighted by Crippen LogP contribution is -2.03. The summed E-state index contributed by atoms with van der Waals surface area (Å²) >= 11 is 3.36. The molecule has 2 rings (SSSR count). The number of halogens is 2. The van der Waals surface area contributed by atoms with Crippen molar-refractivity contribution in [3.8, 4) is 5.75 Å². The minimum Gasteiger partial charge on any atom is -0.488 e. The number of rotatable bonds is 4. The van der Waals surface area contributed by atoms with Crippen molar-refractivity contribution < 1.29 is 14.3 Å². The lowest BCUT2D eigenvalue weighted by Gasteiger charge is -2.11. The second kappa shape index (κ2) is 6.52. The van der Waals surface area contributed by atoms with Crippen LogP contribution in [0.1, 0.15) is 18.1 Å². The van der Waals surface area contributed by atoms with E-state index in [9.17, 15) is 4.39 Å². The third kappa shape index (κ3) is 3.57. The van der Waals surface area contributed by atoms with Gasteiger partial charge in [-0.05, 0) is 42.8 Å². The van der Waals surface area contributed by atoms with Gasteiger partial charge >= 0.3 is 0 Å². The van der Waals surface area contributed by atoms with E-state index in [0.717, 1.165) is 10.0 Å². The number of oxime groups is 1. The van der Waals surface area contributed by atoms with Gasteiger partial charge in [0.1, 0.15) is 18.2 Å². The van der Waals surface area contributed by atoms with E-state index in [-0.39, 0.29) is 0 Å². The van der Waals surface area contributed by atoms with E-state index in [1.165, 1.54) is 18.2 Å². The molecule has 3 nitrogen and oxygen atoms in total. The van der Waals surface area contributed by atoms with E-state index in [1.54, 1.807) is 6.92 Å². The Balaban J connectivity index is 2.19. The number of benzene rings is 2. The fourth-order valence-electron chi connectivity index (χ4n) is 1.71. The molecule has 0 atom stereocenters. The summed E-state index contributed by atoms with van der Waals surface area (Å²) in [5.74, 6) is 0.0728. The van der Waals surface area contributed by atoms with Crippen molar-refractivity contribution in [3.63, 3.8) is 0 Å². The molecular formula is C15H13BrFNO2. The average molecular weight is 338 g/mol. The molecule has 0 bridgehead atoms. The largest absolute Gasteiger partial charge is 0.488 e. The molecule has 20 heavy (non-hydrogen) atoms. The van der Waals surface area contributed by atoms with Crippen molar-refractivity contribution >= 4 is 21.6 Å². The predicted molar refractivity (Wildman–Crippen MR) is 78.9 cm³/mol. The van der Waals surface area contributed by atoms with Crippen LogP contribution in [-0.2, 0) is 6.61 Å². The Morgan fingerprint density at radius 2 is 1.95 bits per heavy atom. The van der Waals surface area contributed by atoms with Crippen molar-refractivity contribution in [2.24, 2.45) is 5.16 Å². The minimum absolute atomic E-state index is 0.301. The summed E-state index contributed by atoms with van der Waals surface area (Å²) in [7, 11) is 0. The molecule has 2 aromatic rings. The van der Waals surface area contributed by atoms with E-state index >= 15 is 0 Å². The summed E-state index contributed by atoms with van der Waals surface area (Å²) in [6, 6.07) is 11.8. The second-order valence-electron chi connectivity index (χ2n) is 4.24. The lowest BCUT2D eigenvalue weighted by molar-refractivity contribution is 0.303. The molecular weight excluding hydrogens is 325 g/mol. The van der Waals surface area contributed by atoms with E-state index in [4.69, 9.17) is 9.94 Å². The Morgan fingerprint density at radius 1 is 1.25 bits per heavy atom. The highest BCUT2D eigenvalue weighted by atomic mass is 79.9. The maximum atomic E-state index is 13.3. The quantitative estimate of drug-likeness (QED) is 0.511. The van der Waals surface area contributed by atoms with E-state index in [2.05, 4.69) is 21.1 Å². The summed E-state index contributed by atoms with van der Waals surface area (Å²) in [6.07, 6.45) is 0. The molecule has 1 N–H and O–H groups in total. The number of hydrogen-bond donors (Lipinski definition) is 1. The van der Waals surface area contributed by atoms with Crippen LogP contribution in [0.15, 0.2) is 52.1 Å². The normalized spacial score (nSPS) is 11.4. The monoisotopic (exact) mass is 337 g/mol. The van der Waals surface area contributed by atoms with Gasteiger partial charge in [0.15, 0.2) is 0 Å². The van der Waals surface area contributed by atoms with Crippen molar-refractivity contribution in [3.05, 3.63) is 63.9 Å². The molecule has 104 valence electrons. The molecule has 0 aliphatic heterocycles. The molecule has 0 spiro atoms. The Bertz CT molecular complexity index is 626. The summed E-state index contributed by atoms with van der Waals surface area (Å²) in [6.45, 7) is 1.94. The van der Waals surface area contributed by atoms with Gasteiger partial charge in [-0.25, -0.2) is 4.39 Å². The highest BCUT2D eigenvalue weighted by Gasteiger charge is 2.09. The Kier molecular flexibility index (Phi) is 4.74. The molecule has 0 saturated carbocycles. The molecule has 0 fully saturated rings. The van der Waals surface area contributed by atoms with Gasteiger partial charge in [-0.15, -0.1) is 0 Å². The van der Waals surface area contributed by atoms with Gasteiger partial charge in [0.25, 0.3) is 0 Å². The van der Waals surface area contributed by atoms with Crippen LogP contribution < -0.4 is 4.74 Å². The van der Waals surface area contributed by atoms with Gasteiger partial charge in [0.05, 0.1) is 5.71 Å². The lowest BCUT2D eigenvalue weighted by atomic mass is 10.1. The van der Waals surface area contributed by atoms with E-state index in [0.29, 0.717) is 23.6 Å². The second-order valence-corrected chi connectivity index (χ2v) is 5.16. The van der Waals surface area contributed by atoms with E-state index in [1.807, 2.05) is 24.3 Å². The van der Waals surface area contributed by atoms with Crippen LogP contribution in [0, 0.1) is 5.82 Å². The smallest absolute Gasteiger partial charge is 0.129 e. The fourth-order valence-corrected chi connectivity index (χ4v) is 1.97. The molecule has 0 radical (unpaired) electrons. The first-order valence-electron chi connectivity index (χ1n) is 5.96. The Morgan fingerprint density at radius 3 is 2.60 bits per heavy atom. The summed E-state index contributed by atoms with van der Waals surface area (Å²) in [4.78, 5) is 0. The van der Waals surface area contributed by atoms with Crippen LogP contribution in [0.25, 0.3) is 0 Å². The minimum atomic E-state index is -0.404. The maximum Gasteiger partial charge on any atom is 0.129 e. The van der Waals surface area contributed by atoms with Crippen molar-refractivity contribution in [1.82, 2.24) is 0 Å². The number of ether oxygens (including phenoxy) is 1. The third-order valence-electron chi connectivity index (χ3n) is 2.79. The number of nitrogens with zero attached hydrogens (tertiary/aromatic N) is 1. The molecule has 0 unspecified atom stereocenters. The van der Waals surface area contributed by atoms with Gasteiger partial charge in [0, 0.05) is 10.0 Å². The Labute approximate surface area is 124 Å². The summed E-state index contributed by atoms with van der Waals surface area (Å²) < 4.78 is 19.9. The molecule has 0 aliphatic rings.